The lowest BCUT2D eigenvalue weighted by molar-refractivity contribution is -0.146. The first-order chi connectivity index (χ1) is 11.1. The first kappa shape index (κ1) is 17.9. The molecule has 0 saturated carbocycles. The SMILES string of the molecule is C[C@@H]1[C@@H]([Si](C)(C)F)[C@H](CCO)O[C@@]12C(=O)N(C)c1ccc(Cl)cc12. The molecule has 0 aromatic heterocycles. The van der Waals surface area contributed by atoms with E-state index in [1.54, 1.807) is 43.2 Å². The fourth-order valence-corrected chi connectivity index (χ4v) is 7.24. The van der Waals surface area contributed by atoms with Gasteiger partial charge in [-0.15, -0.1) is 0 Å². The van der Waals surface area contributed by atoms with Crippen LogP contribution in [-0.4, -0.2) is 39.2 Å². The van der Waals surface area contributed by atoms with Crippen LogP contribution in [0.2, 0.25) is 23.7 Å². The highest BCUT2D eigenvalue weighted by atomic mass is 35.5. The lowest BCUT2D eigenvalue weighted by Crippen LogP contribution is -2.44. The Bertz CT molecular complexity index is 680. The van der Waals surface area contributed by atoms with E-state index in [9.17, 15) is 9.90 Å². The number of amides is 1. The summed E-state index contributed by atoms with van der Waals surface area (Å²) in [5.41, 5.74) is -0.126. The highest BCUT2D eigenvalue weighted by Crippen LogP contribution is 2.60. The number of carbonyl (C=O) groups is 1. The molecule has 7 heteroatoms. The summed E-state index contributed by atoms with van der Waals surface area (Å²) in [5, 5.41) is 9.90. The van der Waals surface area contributed by atoms with E-state index in [4.69, 9.17) is 16.3 Å². The van der Waals surface area contributed by atoms with E-state index < -0.39 is 20.1 Å². The molecule has 1 fully saturated rings. The molecule has 1 aromatic rings. The van der Waals surface area contributed by atoms with E-state index in [0.29, 0.717) is 17.0 Å². The minimum Gasteiger partial charge on any atom is -0.396 e. The third-order valence-electron chi connectivity index (χ3n) is 5.47. The Morgan fingerprint density at radius 3 is 2.71 bits per heavy atom. The molecule has 0 radical (unpaired) electrons. The van der Waals surface area contributed by atoms with Crippen LogP contribution in [0.25, 0.3) is 0 Å². The van der Waals surface area contributed by atoms with Gasteiger partial charge < -0.3 is 18.9 Å². The van der Waals surface area contributed by atoms with E-state index in [0.717, 1.165) is 5.69 Å². The van der Waals surface area contributed by atoms with Gasteiger partial charge in [-0.25, -0.2) is 0 Å². The van der Waals surface area contributed by atoms with Gasteiger partial charge in [0.05, 0.1) is 11.8 Å². The number of anilines is 1. The molecule has 132 valence electrons. The average molecular weight is 372 g/mol. The fourth-order valence-electron chi connectivity index (χ4n) is 4.52. The molecule has 1 saturated heterocycles. The average Bonchev–Trinajstić information content (AvgIpc) is 2.88. The maximum Gasteiger partial charge on any atom is 0.264 e. The number of aliphatic hydroxyl groups is 1. The maximum absolute atomic E-state index is 15.1. The molecule has 1 amide bonds. The van der Waals surface area contributed by atoms with Crippen LogP contribution in [0.5, 0.6) is 0 Å². The molecule has 4 nitrogen and oxygen atoms in total. The molecule has 2 aliphatic rings. The minimum absolute atomic E-state index is 0.0963. The molecule has 1 aromatic carbocycles. The van der Waals surface area contributed by atoms with E-state index >= 15 is 4.11 Å². The van der Waals surface area contributed by atoms with Crippen molar-refractivity contribution in [2.24, 2.45) is 5.92 Å². The fraction of sp³-hybridized carbons (Fsp3) is 0.588. The van der Waals surface area contributed by atoms with Crippen molar-refractivity contribution in [3.05, 3.63) is 28.8 Å². The van der Waals surface area contributed by atoms with Gasteiger partial charge in [-0.1, -0.05) is 18.5 Å². The summed E-state index contributed by atoms with van der Waals surface area (Å²) in [7, 11) is -1.41. The summed E-state index contributed by atoms with van der Waals surface area (Å²) >= 11 is 6.16. The Hall–Kier alpha value is -0.953. The van der Waals surface area contributed by atoms with E-state index in [1.807, 2.05) is 6.92 Å². The quantitative estimate of drug-likeness (QED) is 0.653. The van der Waals surface area contributed by atoms with Gasteiger partial charge in [0.15, 0.2) is 5.60 Å². The zero-order valence-electron chi connectivity index (χ0n) is 14.3. The number of likely N-dealkylation sites (N-methyl/N-ethyl adjacent to an activating group) is 1. The van der Waals surface area contributed by atoms with Crippen molar-refractivity contribution in [2.45, 2.75) is 43.7 Å². The van der Waals surface area contributed by atoms with E-state index in [-0.39, 0.29) is 24.0 Å². The molecule has 3 rings (SSSR count). The number of aliphatic hydroxyl groups excluding tert-OH is 1. The maximum atomic E-state index is 15.1. The van der Waals surface area contributed by atoms with Gasteiger partial charge in [-0.05, 0) is 37.7 Å². The Morgan fingerprint density at radius 2 is 2.12 bits per heavy atom. The molecule has 1 spiro atoms. The molecule has 0 aliphatic carbocycles. The smallest absolute Gasteiger partial charge is 0.264 e. The van der Waals surface area contributed by atoms with Crippen molar-refractivity contribution >= 4 is 31.6 Å². The summed E-state index contributed by atoms with van der Waals surface area (Å²) in [5.74, 6) is -0.508. The lowest BCUT2D eigenvalue weighted by Gasteiger charge is -2.31. The summed E-state index contributed by atoms with van der Waals surface area (Å²) in [6, 6.07) is 5.28. The molecule has 2 heterocycles. The lowest BCUT2D eigenvalue weighted by atomic mass is 9.82. The molecule has 4 atom stereocenters. The van der Waals surface area contributed by atoms with Gasteiger partial charge in [0.25, 0.3) is 5.91 Å². The standard InChI is InChI=1S/C17H23ClFNO3Si/c1-10-15(24(3,4)19)14(7-8-21)23-17(10)12-9-11(18)5-6-13(12)20(2)16(17)22/h5-6,9-10,14-15,21H,7-8H2,1-4H3/t10-,14+,15-,17+/m1/s1. The van der Waals surface area contributed by atoms with Crippen LogP contribution >= 0.6 is 11.6 Å². The summed E-state index contributed by atoms with van der Waals surface area (Å²) in [6.07, 6.45) is -0.150. The van der Waals surface area contributed by atoms with Gasteiger partial charge in [-0.3, -0.25) is 4.79 Å². The number of fused-ring (bicyclic) bond motifs is 2. The van der Waals surface area contributed by atoms with Crippen molar-refractivity contribution in [1.82, 2.24) is 0 Å². The summed E-state index contributed by atoms with van der Waals surface area (Å²) in [4.78, 5) is 14.7. The number of ether oxygens (including phenoxy) is 1. The number of hydrogen-bond acceptors (Lipinski definition) is 3. The highest BCUT2D eigenvalue weighted by molar-refractivity contribution is 6.72. The van der Waals surface area contributed by atoms with Gasteiger partial charge in [0, 0.05) is 35.7 Å². The zero-order valence-corrected chi connectivity index (χ0v) is 16.1. The van der Waals surface area contributed by atoms with Crippen molar-refractivity contribution in [1.29, 1.82) is 0 Å². The summed E-state index contributed by atoms with van der Waals surface area (Å²) < 4.78 is 21.3. The predicted octanol–water partition coefficient (Wildman–Crippen LogP) is 3.47. The van der Waals surface area contributed by atoms with Crippen LogP contribution in [0.15, 0.2) is 18.2 Å². The van der Waals surface area contributed by atoms with Crippen LogP contribution in [0.1, 0.15) is 18.9 Å². The van der Waals surface area contributed by atoms with Crippen LogP contribution in [0.4, 0.5) is 9.80 Å². The van der Waals surface area contributed by atoms with Crippen molar-refractivity contribution in [3.63, 3.8) is 0 Å². The van der Waals surface area contributed by atoms with E-state index in [1.165, 1.54) is 0 Å². The predicted molar refractivity (Wildman–Crippen MR) is 94.6 cm³/mol. The Labute approximate surface area is 147 Å². The number of hydrogen-bond donors (Lipinski definition) is 1. The third kappa shape index (κ3) is 2.35. The Kier molecular flexibility index (Phi) is 4.31. The first-order valence-electron chi connectivity index (χ1n) is 8.20. The second-order valence-corrected chi connectivity index (χ2v) is 11.5. The van der Waals surface area contributed by atoms with Crippen LogP contribution < -0.4 is 4.90 Å². The highest BCUT2D eigenvalue weighted by Gasteiger charge is 2.66. The zero-order chi connectivity index (χ0) is 17.9. The third-order valence-corrected chi connectivity index (χ3v) is 8.16. The van der Waals surface area contributed by atoms with Crippen molar-refractivity contribution in [2.75, 3.05) is 18.6 Å². The molecule has 1 N–H and O–H groups in total. The molecular formula is C17H23ClFNO3Si. The van der Waals surface area contributed by atoms with Gasteiger partial charge in [0.2, 0.25) is 8.41 Å². The monoisotopic (exact) mass is 371 g/mol. The number of carbonyl (C=O) groups excluding carboxylic acids is 1. The Balaban J connectivity index is 2.17. The van der Waals surface area contributed by atoms with Gasteiger partial charge in [0.1, 0.15) is 0 Å². The second kappa shape index (κ2) is 5.80. The largest absolute Gasteiger partial charge is 0.396 e. The minimum atomic E-state index is -3.11. The Morgan fingerprint density at radius 1 is 1.46 bits per heavy atom. The number of nitrogens with zero attached hydrogens (tertiary/aromatic N) is 1. The molecule has 24 heavy (non-hydrogen) atoms. The van der Waals surface area contributed by atoms with Crippen LogP contribution in [0.3, 0.4) is 0 Å². The molecule has 0 bridgehead atoms. The van der Waals surface area contributed by atoms with Crippen molar-refractivity contribution < 1.29 is 18.7 Å². The molecule has 2 aliphatic heterocycles. The van der Waals surface area contributed by atoms with Crippen molar-refractivity contribution in [3.8, 4) is 0 Å². The van der Waals surface area contributed by atoms with E-state index in [2.05, 4.69) is 0 Å². The number of benzene rings is 1. The van der Waals surface area contributed by atoms with Gasteiger partial charge in [-0.2, -0.15) is 0 Å². The number of rotatable bonds is 3. The topological polar surface area (TPSA) is 49.8 Å². The molecular weight excluding hydrogens is 349 g/mol. The van der Waals surface area contributed by atoms with Crippen LogP contribution in [0, 0.1) is 5.92 Å². The second-order valence-electron chi connectivity index (χ2n) is 7.31. The summed E-state index contributed by atoms with van der Waals surface area (Å²) in [6.45, 7) is 5.07. The normalized spacial score (nSPS) is 32.7. The van der Waals surface area contributed by atoms with Crippen LogP contribution in [-0.2, 0) is 15.1 Å². The first-order valence-corrected chi connectivity index (χ1v) is 11.5. The number of halogens is 2. The molecule has 0 unspecified atom stereocenters. The van der Waals surface area contributed by atoms with Gasteiger partial charge >= 0.3 is 0 Å².